The smallest absolute Gasteiger partial charge is 0.475 e. The molecule has 0 spiro atoms. The fraction of sp³-hybridized carbons (Fsp3) is 0.438. The highest BCUT2D eigenvalue weighted by Crippen LogP contribution is 2.51. The summed E-state index contributed by atoms with van der Waals surface area (Å²) in [7, 11) is 1.57. The van der Waals surface area contributed by atoms with Crippen molar-refractivity contribution < 1.29 is 41.7 Å². The average molecular weight is 656 g/mol. The molecule has 2 aliphatic rings. The van der Waals surface area contributed by atoms with E-state index in [4.69, 9.17) is 36.7 Å². The molecular formula is C32H38ClF4N3O5. The number of rotatable bonds is 11. The van der Waals surface area contributed by atoms with E-state index in [0.29, 0.717) is 12.1 Å². The molecule has 3 unspecified atom stereocenters. The Kier molecular flexibility index (Phi) is 13.1. The molecule has 1 fully saturated rings. The maximum Gasteiger partial charge on any atom is 0.490 e. The molecule has 0 radical (unpaired) electrons. The summed E-state index contributed by atoms with van der Waals surface area (Å²) in [6.07, 6.45) is 1.07. The van der Waals surface area contributed by atoms with Gasteiger partial charge in [-0.25, -0.2) is 9.18 Å². The third-order valence-corrected chi connectivity index (χ3v) is 8.19. The summed E-state index contributed by atoms with van der Waals surface area (Å²) in [5.41, 5.74) is 5.59. The predicted molar refractivity (Wildman–Crippen MR) is 163 cm³/mol. The van der Waals surface area contributed by atoms with Gasteiger partial charge in [-0.2, -0.15) is 13.2 Å². The minimum atomic E-state index is -5.08. The zero-order chi connectivity index (χ0) is 33.1. The maximum atomic E-state index is 17.2. The summed E-state index contributed by atoms with van der Waals surface area (Å²) in [4.78, 5) is 19.7. The lowest BCUT2D eigenvalue weighted by atomic mass is 9.72. The molecule has 0 bridgehead atoms. The van der Waals surface area contributed by atoms with Gasteiger partial charge in [0.1, 0.15) is 11.4 Å². The van der Waals surface area contributed by atoms with E-state index < -0.39 is 40.3 Å². The first-order valence-corrected chi connectivity index (χ1v) is 14.8. The van der Waals surface area contributed by atoms with E-state index in [1.165, 1.54) is 6.08 Å². The van der Waals surface area contributed by atoms with Gasteiger partial charge in [-0.15, -0.1) is 0 Å². The molecule has 1 amide bonds. The normalized spacial score (nSPS) is 24.3. The lowest BCUT2D eigenvalue weighted by Gasteiger charge is -2.43. The number of nitrogens with two attached hydrogens (primary N) is 1. The summed E-state index contributed by atoms with van der Waals surface area (Å²) in [5.74, 6) is -4.71. The molecule has 4 atom stereocenters. The van der Waals surface area contributed by atoms with Gasteiger partial charge in [0, 0.05) is 31.2 Å². The molecule has 8 nitrogen and oxygen atoms in total. The second kappa shape index (κ2) is 16.3. The van der Waals surface area contributed by atoms with Crippen molar-refractivity contribution in [1.29, 1.82) is 0 Å². The molecule has 13 heteroatoms. The van der Waals surface area contributed by atoms with Crippen molar-refractivity contribution in [3.63, 3.8) is 0 Å². The van der Waals surface area contributed by atoms with Crippen LogP contribution < -0.4 is 16.4 Å². The predicted octanol–water partition coefficient (Wildman–Crippen LogP) is 4.95. The van der Waals surface area contributed by atoms with Crippen LogP contribution in [0.15, 0.2) is 78.6 Å². The number of carboxylic acids is 1. The lowest BCUT2D eigenvalue weighted by Crippen LogP contribution is -2.51. The van der Waals surface area contributed by atoms with Gasteiger partial charge in [-0.05, 0) is 49.6 Å². The number of carbonyl (C=O) groups is 2. The van der Waals surface area contributed by atoms with Crippen molar-refractivity contribution in [3.05, 3.63) is 89.8 Å². The molecule has 2 aromatic rings. The van der Waals surface area contributed by atoms with E-state index >= 15 is 4.39 Å². The molecule has 0 saturated carbocycles. The van der Waals surface area contributed by atoms with Crippen LogP contribution in [-0.2, 0) is 19.1 Å². The second-order valence-corrected chi connectivity index (χ2v) is 11.2. The number of carboxylic acid groups (broad SMARTS) is 1. The molecule has 0 aromatic heterocycles. The first kappa shape index (κ1) is 36.2. The van der Waals surface area contributed by atoms with Crippen LogP contribution >= 0.6 is 11.6 Å². The van der Waals surface area contributed by atoms with E-state index in [1.807, 2.05) is 36.4 Å². The Hall–Kier alpha value is -3.29. The number of methoxy groups -OCH3 is 1. The fourth-order valence-corrected chi connectivity index (χ4v) is 5.64. The fourth-order valence-electron chi connectivity index (χ4n) is 5.38. The number of carbonyl (C=O) groups excluding carboxylic acids is 1. The minimum absolute atomic E-state index is 0.00628. The number of amides is 1. The van der Waals surface area contributed by atoms with E-state index in [9.17, 15) is 18.0 Å². The van der Waals surface area contributed by atoms with Gasteiger partial charge in [0.15, 0.2) is 4.87 Å². The second-order valence-electron chi connectivity index (χ2n) is 10.7. The third kappa shape index (κ3) is 9.14. The van der Waals surface area contributed by atoms with Crippen LogP contribution in [0.3, 0.4) is 0 Å². The standard InChI is InChI=1S/C30H37ClFN3O3.C2HF3O2/c1-37-19-20-38-30(16-15-29(31,28(33)36)26(27(30)32)23-11-6-3-7-12-23)25(22-9-4-2-5-10-22)21-35-24-13-8-17-34-18-14-24;3-2(4,5)1(6)7/h2-7,9-12,15-16,24-25,34-35H,8,13-14,17-21H2,1H3,(H2,33,36);(H,6,7)/t24-,25?,29?,30?;/m0./s1. The monoisotopic (exact) mass is 655 g/mol. The number of ether oxygens (including phenoxy) is 2. The van der Waals surface area contributed by atoms with Crippen LogP contribution in [-0.4, -0.2) is 79.6 Å². The molecule has 246 valence electrons. The Morgan fingerprint density at radius 3 is 2.27 bits per heavy atom. The summed E-state index contributed by atoms with van der Waals surface area (Å²) in [6, 6.07) is 18.9. The van der Waals surface area contributed by atoms with Crippen molar-refractivity contribution >= 4 is 29.1 Å². The third-order valence-electron chi connectivity index (χ3n) is 7.68. The number of aliphatic carboxylic acids is 1. The maximum absolute atomic E-state index is 17.2. The lowest BCUT2D eigenvalue weighted by molar-refractivity contribution is -0.192. The Labute approximate surface area is 264 Å². The van der Waals surface area contributed by atoms with E-state index in [2.05, 4.69) is 10.6 Å². The topological polar surface area (TPSA) is 123 Å². The Morgan fingerprint density at radius 1 is 1.07 bits per heavy atom. The van der Waals surface area contributed by atoms with Gasteiger partial charge in [-0.1, -0.05) is 78.3 Å². The van der Waals surface area contributed by atoms with Crippen molar-refractivity contribution in [2.45, 2.75) is 47.9 Å². The van der Waals surface area contributed by atoms with Crippen molar-refractivity contribution in [2.75, 3.05) is 40.0 Å². The Balaban J connectivity index is 0.000000707. The number of hydrogen-bond acceptors (Lipinski definition) is 6. The number of primary amides is 1. The van der Waals surface area contributed by atoms with Gasteiger partial charge < -0.3 is 30.9 Å². The zero-order valence-electron chi connectivity index (χ0n) is 24.8. The van der Waals surface area contributed by atoms with Gasteiger partial charge in [-0.3, -0.25) is 4.79 Å². The molecule has 1 aliphatic carbocycles. The van der Waals surface area contributed by atoms with Crippen molar-refractivity contribution in [2.24, 2.45) is 5.73 Å². The zero-order valence-corrected chi connectivity index (χ0v) is 25.5. The summed E-state index contributed by atoms with van der Waals surface area (Å²) >= 11 is 6.80. The van der Waals surface area contributed by atoms with Crippen LogP contribution in [0.5, 0.6) is 0 Å². The van der Waals surface area contributed by atoms with Crippen molar-refractivity contribution in [3.8, 4) is 0 Å². The highest BCUT2D eigenvalue weighted by atomic mass is 35.5. The summed E-state index contributed by atoms with van der Waals surface area (Å²) in [5, 5.41) is 14.3. The van der Waals surface area contributed by atoms with Gasteiger partial charge in [0.25, 0.3) is 0 Å². The molecule has 1 saturated heterocycles. The van der Waals surface area contributed by atoms with E-state index in [0.717, 1.165) is 37.9 Å². The SMILES string of the molecule is COCCOC1(C(CN[C@H]2CCCNCC2)c2ccccc2)C=CC(Cl)(C(N)=O)C(c2ccccc2)=C1F.O=C(O)C(F)(F)F. The van der Waals surface area contributed by atoms with Gasteiger partial charge >= 0.3 is 12.1 Å². The Bertz CT molecular complexity index is 1320. The molecule has 5 N–H and O–H groups in total. The number of halogens is 5. The number of alkyl halides is 4. The molecule has 1 heterocycles. The number of nitrogens with one attached hydrogen (secondary N) is 2. The van der Waals surface area contributed by atoms with Crippen LogP contribution in [0.4, 0.5) is 17.6 Å². The number of hydrogen-bond donors (Lipinski definition) is 4. The van der Waals surface area contributed by atoms with E-state index in [1.54, 1.807) is 37.5 Å². The summed E-state index contributed by atoms with van der Waals surface area (Å²) < 4.78 is 60.6. The highest BCUT2D eigenvalue weighted by Gasteiger charge is 2.53. The van der Waals surface area contributed by atoms with Crippen LogP contribution in [0.2, 0.25) is 0 Å². The van der Waals surface area contributed by atoms with E-state index in [-0.39, 0.29) is 24.8 Å². The first-order valence-electron chi connectivity index (χ1n) is 14.4. The largest absolute Gasteiger partial charge is 0.490 e. The first-order chi connectivity index (χ1) is 21.4. The molecule has 1 aliphatic heterocycles. The van der Waals surface area contributed by atoms with Crippen LogP contribution in [0, 0.1) is 0 Å². The van der Waals surface area contributed by atoms with Gasteiger partial charge in [0.2, 0.25) is 5.91 Å². The minimum Gasteiger partial charge on any atom is -0.475 e. The molecule has 2 aromatic carbocycles. The molecular weight excluding hydrogens is 618 g/mol. The number of benzene rings is 2. The van der Waals surface area contributed by atoms with Gasteiger partial charge in [0.05, 0.1) is 13.2 Å². The molecule has 4 rings (SSSR count). The summed E-state index contributed by atoms with van der Waals surface area (Å²) in [6.45, 7) is 2.79. The Morgan fingerprint density at radius 2 is 1.69 bits per heavy atom. The van der Waals surface area contributed by atoms with Crippen LogP contribution in [0.1, 0.15) is 36.3 Å². The molecule has 45 heavy (non-hydrogen) atoms. The van der Waals surface area contributed by atoms with Crippen LogP contribution in [0.25, 0.3) is 5.57 Å². The average Bonchev–Trinajstić information content (AvgIpc) is 3.29. The van der Waals surface area contributed by atoms with Crippen molar-refractivity contribution in [1.82, 2.24) is 10.6 Å². The quantitative estimate of drug-likeness (QED) is 0.117. The highest BCUT2D eigenvalue weighted by molar-refractivity contribution is 6.43.